The first-order valence-electron chi connectivity index (χ1n) is 5.91. The van der Waals surface area contributed by atoms with Crippen LogP contribution in [0.25, 0.3) is 0 Å². The van der Waals surface area contributed by atoms with Gasteiger partial charge in [0.1, 0.15) is 0 Å². The molecule has 0 aromatic carbocycles. The molecule has 0 spiro atoms. The van der Waals surface area contributed by atoms with Crippen molar-refractivity contribution in [1.82, 2.24) is 9.80 Å². The molecule has 0 aliphatic carbocycles. The highest BCUT2D eigenvalue weighted by Crippen LogP contribution is 2.23. The van der Waals surface area contributed by atoms with Crippen molar-refractivity contribution >= 4 is 17.2 Å². The quantitative estimate of drug-likeness (QED) is 0.740. The molecule has 2 aliphatic rings. The van der Waals surface area contributed by atoms with Crippen LogP contribution in [0.15, 0.2) is 17.5 Å². The second-order valence-electron chi connectivity index (χ2n) is 4.56. The highest BCUT2D eigenvalue weighted by atomic mass is 32.1. The van der Waals surface area contributed by atoms with Crippen LogP contribution in [0.1, 0.15) is 22.5 Å². The van der Waals surface area contributed by atoms with Crippen molar-refractivity contribution in [3.63, 3.8) is 0 Å². The number of carbonyl (C=O) groups excluding carboxylic acids is 1. The summed E-state index contributed by atoms with van der Waals surface area (Å²) in [6, 6.07) is 4.50. The van der Waals surface area contributed by atoms with Crippen LogP contribution in [-0.2, 0) is 0 Å². The van der Waals surface area contributed by atoms with E-state index in [4.69, 9.17) is 0 Å². The summed E-state index contributed by atoms with van der Waals surface area (Å²) in [4.78, 5) is 17.6. The topological polar surface area (TPSA) is 23.6 Å². The van der Waals surface area contributed by atoms with Gasteiger partial charge >= 0.3 is 0 Å². The maximum absolute atomic E-state index is 12.2. The Hall–Kier alpha value is -0.870. The highest BCUT2D eigenvalue weighted by Gasteiger charge is 2.32. The Bertz CT molecular complexity index is 376. The van der Waals surface area contributed by atoms with E-state index in [-0.39, 0.29) is 5.91 Å². The minimum absolute atomic E-state index is 0.224. The Morgan fingerprint density at radius 2 is 2.31 bits per heavy atom. The number of hydrogen-bond donors (Lipinski definition) is 0. The zero-order valence-corrected chi connectivity index (χ0v) is 10.1. The van der Waals surface area contributed by atoms with Gasteiger partial charge in [0.2, 0.25) is 0 Å². The summed E-state index contributed by atoms with van der Waals surface area (Å²) in [5.74, 6) is 0.224. The smallest absolute Gasteiger partial charge is 0.264 e. The number of rotatable bonds is 1. The molecule has 4 heteroatoms. The molecular weight excluding hydrogens is 220 g/mol. The minimum Gasteiger partial charge on any atom is -0.335 e. The van der Waals surface area contributed by atoms with E-state index in [1.807, 2.05) is 22.4 Å². The lowest BCUT2D eigenvalue weighted by molar-refractivity contribution is 0.0576. The molecule has 2 fully saturated rings. The molecule has 0 bridgehead atoms. The van der Waals surface area contributed by atoms with E-state index >= 15 is 0 Å². The van der Waals surface area contributed by atoms with Crippen LogP contribution >= 0.6 is 11.3 Å². The number of hydrogen-bond acceptors (Lipinski definition) is 3. The zero-order chi connectivity index (χ0) is 11.0. The first-order valence-corrected chi connectivity index (χ1v) is 6.79. The predicted octanol–water partition coefficient (Wildman–Crippen LogP) is 1.67. The summed E-state index contributed by atoms with van der Waals surface area (Å²) in [6.07, 6.45) is 2.56. The van der Waals surface area contributed by atoms with Crippen molar-refractivity contribution < 1.29 is 4.79 Å². The van der Waals surface area contributed by atoms with Crippen molar-refractivity contribution in [1.29, 1.82) is 0 Å². The van der Waals surface area contributed by atoms with Crippen LogP contribution in [0.5, 0.6) is 0 Å². The summed E-state index contributed by atoms with van der Waals surface area (Å²) in [7, 11) is 0. The van der Waals surface area contributed by atoms with Gasteiger partial charge in [0.05, 0.1) is 4.88 Å². The number of fused-ring (bicyclic) bond motifs is 1. The van der Waals surface area contributed by atoms with E-state index in [0.29, 0.717) is 6.04 Å². The van der Waals surface area contributed by atoms with Crippen LogP contribution in [-0.4, -0.2) is 47.9 Å². The Balaban J connectivity index is 1.70. The third-order valence-electron chi connectivity index (χ3n) is 3.61. The monoisotopic (exact) mass is 236 g/mol. The molecule has 1 amide bonds. The SMILES string of the molecule is O=C(c1cccs1)N1CCN2CCC[C@H]2C1. The molecule has 2 saturated heterocycles. The van der Waals surface area contributed by atoms with E-state index < -0.39 is 0 Å². The second kappa shape index (κ2) is 4.18. The van der Waals surface area contributed by atoms with E-state index in [1.54, 1.807) is 11.3 Å². The van der Waals surface area contributed by atoms with E-state index in [0.717, 1.165) is 24.5 Å². The molecule has 0 saturated carbocycles. The lowest BCUT2D eigenvalue weighted by Gasteiger charge is -2.37. The van der Waals surface area contributed by atoms with Crippen molar-refractivity contribution in [2.24, 2.45) is 0 Å². The largest absolute Gasteiger partial charge is 0.335 e. The molecule has 1 aromatic rings. The standard InChI is InChI=1S/C12H16N2OS/c15-12(11-4-2-8-16-11)14-7-6-13-5-1-3-10(13)9-14/h2,4,8,10H,1,3,5-7,9H2/t10-/m0/s1. The molecule has 0 radical (unpaired) electrons. The predicted molar refractivity (Wildman–Crippen MR) is 64.8 cm³/mol. The van der Waals surface area contributed by atoms with Crippen LogP contribution < -0.4 is 0 Å². The highest BCUT2D eigenvalue weighted by molar-refractivity contribution is 7.12. The summed E-state index contributed by atoms with van der Waals surface area (Å²) >= 11 is 1.55. The number of piperazine rings is 1. The minimum atomic E-state index is 0.224. The van der Waals surface area contributed by atoms with Crippen LogP contribution in [0.3, 0.4) is 0 Å². The molecule has 3 rings (SSSR count). The molecular formula is C12H16N2OS. The summed E-state index contributed by atoms with van der Waals surface area (Å²) in [5, 5.41) is 1.97. The van der Waals surface area contributed by atoms with Crippen molar-refractivity contribution in [2.75, 3.05) is 26.2 Å². The normalized spacial score (nSPS) is 25.8. The van der Waals surface area contributed by atoms with Gasteiger partial charge in [-0.3, -0.25) is 9.69 Å². The first kappa shape index (κ1) is 10.3. The Morgan fingerprint density at radius 3 is 3.12 bits per heavy atom. The number of thiophene rings is 1. The lowest BCUT2D eigenvalue weighted by atomic mass is 10.1. The Kier molecular flexibility index (Phi) is 2.69. The van der Waals surface area contributed by atoms with Gasteiger partial charge < -0.3 is 4.90 Å². The van der Waals surface area contributed by atoms with Gasteiger partial charge in [-0.15, -0.1) is 11.3 Å². The van der Waals surface area contributed by atoms with Crippen LogP contribution in [0, 0.1) is 0 Å². The zero-order valence-electron chi connectivity index (χ0n) is 9.26. The number of nitrogens with zero attached hydrogens (tertiary/aromatic N) is 2. The fraction of sp³-hybridized carbons (Fsp3) is 0.583. The average Bonchev–Trinajstić information content (AvgIpc) is 2.98. The summed E-state index contributed by atoms with van der Waals surface area (Å²) in [5.41, 5.74) is 0. The van der Waals surface area contributed by atoms with Crippen molar-refractivity contribution in [3.8, 4) is 0 Å². The van der Waals surface area contributed by atoms with E-state index in [9.17, 15) is 4.79 Å². The molecule has 1 aromatic heterocycles. The number of amides is 1. The van der Waals surface area contributed by atoms with Gasteiger partial charge in [0.25, 0.3) is 5.91 Å². The van der Waals surface area contributed by atoms with Gasteiger partial charge in [0, 0.05) is 25.7 Å². The summed E-state index contributed by atoms with van der Waals surface area (Å²) in [6.45, 7) is 4.11. The summed E-state index contributed by atoms with van der Waals surface area (Å²) < 4.78 is 0. The molecule has 0 N–H and O–H groups in total. The Labute approximate surface area is 99.7 Å². The van der Waals surface area contributed by atoms with Gasteiger partial charge in [-0.05, 0) is 30.8 Å². The Morgan fingerprint density at radius 1 is 1.38 bits per heavy atom. The third kappa shape index (κ3) is 1.76. The first-order chi connectivity index (χ1) is 7.84. The van der Waals surface area contributed by atoms with Gasteiger partial charge in [-0.1, -0.05) is 6.07 Å². The molecule has 3 nitrogen and oxygen atoms in total. The molecule has 86 valence electrons. The average molecular weight is 236 g/mol. The number of carbonyl (C=O) groups is 1. The third-order valence-corrected chi connectivity index (χ3v) is 4.46. The molecule has 3 heterocycles. The molecule has 2 aliphatic heterocycles. The van der Waals surface area contributed by atoms with Gasteiger partial charge in [-0.25, -0.2) is 0 Å². The fourth-order valence-corrected chi connectivity index (χ4v) is 3.42. The van der Waals surface area contributed by atoms with Crippen molar-refractivity contribution in [2.45, 2.75) is 18.9 Å². The lowest BCUT2D eigenvalue weighted by Crippen LogP contribution is -2.51. The fourth-order valence-electron chi connectivity index (χ4n) is 2.73. The van der Waals surface area contributed by atoms with Crippen molar-refractivity contribution in [3.05, 3.63) is 22.4 Å². The van der Waals surface area contributed by atoms with Crippen LogP contribution in [0.2, 0.25) is 0 Å². The van der Waals surface area contributed by atoms with Crippen LogP contribution in [0.4, 0.5) is 0 Å². The van der Waals surface area contributed by atoms with Gasteiger partial charge in [-0.2, -0.15) is 0 Å². The van der Waals surface area contributed by atoms with E-state index in [1.165, 1.54) is 19.4 Å². The molecule has 0 unspecified atom stereocenters. The van der Waals surface area contributed by atoms with E-state index in [2.05, 4.69) is 4.90 Å². The second-order valence-corrected chi connectivity index (χ2v) is 5.51. The maximum atomic E-state index is 12.2. The van der Waals surface area contributed by atoms with Gasteiger partial charge in [0.15, 0.2) is 0 Å². The molecule has 16 heavy (non-hydrogen) atoms. The maximum Gasteiger partial charge on any atom is 0.264 e. The molecule has 1 atom stereocenters.